The number of carbonyl (C=O) groups excluding carboxylic acids is 1. The number of nitrogens with one attached hydrogen (secondary N) is 1. The molecular weight excluding hydrogens is 554 g/mol. The summed E-state index contributed by atoms with van der Waals surface area (Å²) in [4.78, 5) is 12.0. The molecule has 1 aromatic heterocycles. The molecule has 3 aromatic rings. The minimum Gasteiger partial charge on any atom is -0.490 e. The Kier molecular flexibility index (Phi) is 8.22. The Balaban J connectivity index is 1.73. The third-order valence-corrected chi connectivity index (χ3v) is 5.45. The standard InChI is InChI=1S/C22H19Cl2IN2O4/c1-3-29-20-9-14(11-26-27-22(28)19-7-4-13(2)31-19)8-18(25)21(20)30-12-15-5-6-16(23)10-17(15)24/h4-11H,3,12H2,1-2H3,(H,27,28)/b26-11-. The lowest BCUT2D eigenvalue weighted by molar-refractivity contribution is 0.0926. The van der Waals surface area contributed by atoms with Crippen LogP contribution in [-0.4, -0.2) is 18.7 Å². The summed E-state index contributed by atoms with van der Waals surface area (Å²) in [6.45, 7) is 4.38. The minimum atomic E-state index is -0.427. The maximum atomic E-state index is 12.0. The van der Waals surface area contributed by atoms with Crippen molar-refractivity contribution in [2.75, 3.05) is 6.61 Å². The Hall–Kier alpha value is -2.23. The second-order valence-electron chi connectivity index (χ2n) is 6.40. The average molecular weight is 573 g/mol. The Bertz CT molecular complexity index is 1110. The fourth-order valence-corrected chi connectivity index (χ4v) is 3.88. The Morgan fingerprint density at radius 3 is 2.68 bits per heavy atom. The van der Waals surface area contributed by atoms with Crippen LogP contribution in [0.3, 0.4) is 0 Å². The van der Waals surface area contributed by atoms with Gasteiger partial charge in [0.15, 0.2) is 17.3 Å². The third-order valence-electron chi connectivity index (χ3n) is 4.06. The van der Waals surface area contributed by atoms with E-state index >= 15 is 0 Å². The number of hydrazone groups is 1. The zero-order valence-corrected chi connectivity index (χ0v) is 20.4. The van der Waals surface area contributed by atoms with Gasteiger partial charge in [0.05, 0.1) is 16.4 Å². The highest BCUT2D eigenvalue weighted by Gasteiger charge is 2.14. The predicted molar refractivity (Wildman–Crippen MR) is 130 cm³/mol. The summed E-state index contributed by atoms with van der Waals surface area (Å²) in [6, 6.07) is 12.2. The summed E-state index contributed by atoms with van der Waals surface area (Å²) in [6.07, 6.45) is 1.53. The number of carbonyl (C=O) groups is 1. The van der Waals surface area contributed by atoms with E-state index in [1.165, 1.54) is 6.21 Å². The highest BCUT2D eigenvalue weighted by molar-refractivity contribution is 14.1. The van der Waals surface area contributed by atoms with Crippen LogP contribution >= 0.6 is 45.8 Å². The molecule has 0 unspecified atom stereocenters. The zero-order valence-electron chi connectivity index (χ0n) is 16.7. The Labute approximate surface area is 203 Å². The number of halogens is 3. The van der Waals surface area contributed by atoms with Crippen LogP contribution in [0.15, 0.2) is 52.0 Å². The van der Waals surface area contributed by atoms with Gasteiger partial charge < -0.3 is 13.9 Å². The topological polar surface area (TPSA) is 73.1 Å². The highest BCUT2D eigenvalue weighted by atomic mass is 127. The average Bonchev–Trinajstić information content (AvgIpc) is 3.15. The van der Waals surface area contributed by atoms with Gasteiger partial charge in [-0.2, -0.15) is 5.10 Å². The molecule has 0 aliphatic carbocycles. The first-order valence-corrected chi connectivity index (χ1v) is 11.1. The molecule has 1 N–H and O–H groups in total. The van der Waals surface area contributed by atoms with Crippen LogP contribution < -0.4 is 14.9 Å². The molecule has 0 bridgehead atoms. The van der Waals surface area contributed by atoms with Crippen molar-refractivity contribution < 1.29 is 18.7 Å². The van der Waals surface area contributed by atoms with Gasteiger partial charge >= 0.3 is 5.91 Å². The number of hydrogen-bond acceptors (Lipinski definition) is 5. The predicted octanol–water partition coefficient (Wildman–Crippen LogP) is 6.24. The fraction of sp³-hybridized carbons (Fsp3) is 0.182. The molecule has 6 nitrogen and oxygen atoms in total. The normalized spacial score (nSPS) is 11.0. The van der Waals surface area contributed by atoms with Crippen molar-refractivity contribution >= 4 is 57.9 Å². The third kappa shape index (κ3) is 6.38. The van der Waals surface area contributed by atoms with Crippen molar-refractivity contribution in [1.82, 2.24) is 5.43 Å². The van der Waals surface area contributed by atoms with Gasteiger partial charge in [0.25, 0.3) is 0 Å². The number of benzene rings is 2. The molecule has 0 saturated carbocycles. The number of hydrogen-bond donors (Lipinski definition) is 1. The minimum absolute atomic E-state index is 0.198. The summed E-state index contributed by atoms with van der Waals surface area (Å²) >= 11 is 14.3. The second-order valence-corrected chi connectivity index (χ2v) is 8.40. The lowest BCUT2D eigenvalue weighted by atomic mass is 10.2. The quantitative estimate of drug-likeness (QED) is 0.197. The maximum Gasteiger partial charge on any atom is 0.307 e. The van der Waals surface area contributed by atoms with Gasteiger partial charge in [-0.3, -0.25) is 4.79 Å². The molecule has 0 aliphatic rings. The monoisotopic (exact) mass is 572 g/mol. The van der Waals surface area contributed by atoms with Crippen LogP contribution in [0.2, 0.25) is 10.0 Å². The number of ether oxygens (including phenoxy) is 2. The van der Waals surface area contributed by atoms with Crippen LogP contribution in [0.5, 0.6) is 11.5 Å². The summed E-state index contributed by atoms with van der Waals surface area (Å²) in [5.41, 5.74) is 3.99. The molecule has 0 radical (unpaired) electrons. The molecule has 31 heavy (non-hydrogen) atoms. The van der Waals surface area contributed by atoms with Crippen molar-refractivity contribution in [2.24, 2.45) is 5.10 Å². The number of furan rings is 1. The van der Waals surface area contributed by atoms with Gasteiger partial charge in [-0.1, -0.05) is 29.3 Å². The summed E-state index contributed by atoms with van der Waals surface area (Å²) in [5.74, 6) is 1.59. The van der Waals surface area contributed by atoms with Gasteiger partial charge in [-0.25, -0.2) is 5.43 Å². The maximum absolute atomic E-state index is 12.0. The van der Waals surface area contributed by atoms with E-state index in [9.17, 15) is 4.79 Å². The van der Waals surface area contributed by atoms with Gasteiger partial charge in [-0.15, -0.1) is 0 Å². The van der Waals surface area contributed by atoms with Crippen LogP contribution in [0.4, 0.5) is 0 Å². The Morgan fingerprint density at radius 1 is 1.19 bits per heavy atom. The van der Waals surface area contributed by atoms with Crippen molar-refractivity contribution in [1.29, 1.82) is 0 Å². The SMILES string of the molecule is CCOc1cc(/C=N\NC(=O)c2ccc(C)o2)cc(I)c1OCc1ccc(Cl)cc1Cl. The first kappa shape index (κ1) is 23.4. The van der Waals surface area contributed by atoms with Crippen LogP contribution in [-0.2, 0) is 6.61 Å². The number of nitrogens with zero attached hydrogens (tertiary/aromatic N) is 1. The van der Waals surface area contributed by atoms with Gasteiger partial charge in [0.1, 0.15) is 12.4 Å². The molecule has 9 heteroatoms. The van der Waals surface area contributed by atoms with Crippen molar-refractivity contribution in [3.8, 4) is 11.5 Å². The second kappa shape index (κ2) is 10.9. The van der Waals surface area contributed by atoms with Gasteiger partial charge in [0, 0.05) is 15.6 Å². The first-order chi connectivity index (χ1) is 14.9. The van der Waals surface area contributed by atoms with Crippen LogP contribution in [0.1, 0.15) is 34.4 Å². The van der Waals surface area contributed by atoms with Crippen LogP contribution in [0, 0.1) is 10.5 Å². The van der Waals surface area contributed by atoms with E-state index in [-0.39, 0.29) is 12.4 Å². The summed E-state index contributed by atoms with van der Waals surface area (Å²) in [7, 11) is 0. The zero-order chi connectivity index (χ0) is 22.4. The number of rotatable bonds is 8. The van der Waals surface area contributed by atoms with Gasteiger partial charge in [0.2, 0.25) is 0 Å². The number of aryl methyl sites for hydroxylation is 1. The van der Waals surface area contributed by atoms with E-state index in [4.69, 9.17) is 37.1 Å². The summed E-state index contributed by atoms with van der Waals surface area (Å²) in [5, 5.41) is 5.10. The molecule has 0 aliphatic heterocycles. The molecular formula is C22H19Cl2IN2O4. The fourth-order valence-electron chi connectivity index (χ4n) is 2.63. The van der Waals surface area contributed by atoms with Crippen LogP contribution in [0.25, 0.3) is 0 Å². The molecule has 162 valence electrons. The molecule has 2 aromatic carbocycles. The smallest absolute Gasteiger partial charge is 0.307 e. The van der Waals surface area contributed by atoms with E-state index < -0.39 is 5.91 Å². The van der Waals surface area contributed by atoms with Gasteiger partial charge in [-0.05, 0) is 78.4 Å². The van der Waals surface area contributed by atoms with E-state index in [2.05, 4.69) is 33.1 Å². The molecule has 1 amide bonds. The van der Waals surface area contributed by atoms with E-state index in [1.807, 2.05) is 19.1 Å². The number of amides is 1. The molecule has 3 rings (SSSR count). The van der Waals surface area contributed by atoms with E-state index in [1.54, 1.807) is 37.3 Å². The highest BCUT2D eigenvalue weighted by Crippen LogP contribution is 2.35. The van der Waals surface area contributed by atoms with Crippen molar-refractivity contribution in [3.05, 3.63) is 78.7 Å². The molecule has 0 spiro atoms. The first-order valence-electron chi connectivity index (χ1n) is 9.30. The van der Waals surface area contributed by atoms with Crippen molar-refractivity contribution in [3.63, 3.8) is 0 Å². The largest absolute Gasteiger partial charge is 0.490 e. The lowest BCUT2D eigenvalue weighted by Crippen LogP contribution is -2.16. The lowest BCUT2D eigenvalue weighted by Gasteiger charge is -2.15. The molecule has 1 heterocycles. The molecule has 0 fully saturated rings. The summed E-state index contributed by atoms with van der Waals surface area (Å²) < 4.78 is 17.8. The Morgan fingerprint density at radius 2 is 2.00 bits per heavy atom. The van der Waals surface area contributed by atoms with E-state index in [0.717, 1.165) is 14.7 Å². The molecule has 0 atom stereocenters. The molecule has 0 saturated heterocycles. The van der Waals surface area contributed by atoms with E-state index in [0.29, 0.717) is 33.9 Å². The van der Waals surface area contributed by atoms with Crippen molar-refractivity contribution in [2.45, 2.75) is 20.5 Å².